The maximum Gasteiger partial charge on any atom is 0.0236 e. The second-order valence-electron chi connectivity index (χ2n) is 5.95. The lowest BCUT2D eigenvalue weighted by molar-refractivity contribution is 0.294. The SMILES string of the molecule is CCN(CC)Cc1ccccc1CNC1CCCCC1. The Hall–Kier alpha value is -0.860. The summed E-state index contributed by atoms with van der Waals surface area (Å²) in [6.07, 6.45) is 6.95. The van der Waals surface area contributed by atoms with E-state index < -0.39 is 0 Å². The van der Waals surface area contributed by atoms with Crippen LogP contribution in [0.3, 0.4) is 0 Å². The van der Waals surface area contributed by atoms with Gasteiger partial charge in [0.1, 0.15) is 0 Å². The third kappa shape index (κ3) is 4.60. The van der Waals surface area contributed by atoms with Crippen molar-refractivity contribution in [2.75, 3.05) is 13.1 Å². The molecule has 2 nitrogen and oxygen atoms in total. The first-order valence-corrected chi connectivity index (χ1v) is 8.36. The highest BCUT2D eigenvalue weighted by molar-refractivity contribution is 5.27. The largest absolute Gasteiger partial charge is 0.310 e. The van der Waals surface area contributed by atoms with Crippen molar-refractivity contribution in [2.45, 2.75) is 65.1 Å². The fourth-order valence-corrected chi connectivity index (χ4v) is 3.13. The predicted molar refractivity (Wildman–Crippen MR) is 86.8 cm³/mol. The number of nitrogens with zero attached hydrogens (tertiary/aromatic N) is 1. The molecule has 1 aliphatic carbocycles. The molecule has 2 heteroatoms. The van der Waals surface area contributed by atoms with E-state index in [4.69, 9.17) is 0 Å². The number of hydrogen-bond donors (Lipinski definition) is 1. The highest BCUT2D eigenvalue weighted by Crippen LogP contribution is 2.18. The van der Waals surface area contributed by atoms with Crippen molar-refractivity contribution >= 4 is 0 Å². The van der Waals surface area contributed by atoms with E-state index in [0.717, 1.165) is 32.2 Å². The van der Waals surface area contributed by atoms with Crippen molar-refractivity contribution < 1.29 is 0 Å². The first-order chi connectivity index (χ1) is 9.83. The van der Waals surface area contributed by atoms with Crippen LogP contribution in [-0.2, 0) is 13.1 Å². The highest BCUT2D eigenvalue weighted by atomic mass is 15.1. The zero-order chi connectivity index (χ0) is 14.2. The zero-order valence-electron chi connectivity index (χ0n) is 13.2. The second kappa shape index (κ2) is 8.43. The summed E-state index contributed by atoms with van der Waals surface area (Å²) in [5, 5.41) is 3.77. The summed E-state index contributed by atoms with van der Waals surface area (Å²) < 4.78 is 0. The van der Waals surface area contributed by atoms with Gasteiger partial charge in [-0.3, -0.25) is 4.90 Å². The van der Waals surface area contributed by atoms with Gasteiger partial charge in [-0.15, -0.1) is 0 Å². The van der Waals surface area contributed by atoms with Crippen molar-refractivity contribution in [3.63, 3.8) is 0 Å². The van der Waals surface area contributed by atoms with Crippen LogP contribution < -0.4 is 5.32 Å². The average Bonchev–Trinajstić information content (AvgIpc) is 2.52. The number of hydrogen-bond acceptors (Lipinski definition) is 2. The molecule has 1 fully saturated rings. The van der Waals surface area contributed by atoms with Gasteiger partial charge < -0.3 is 5.32 Å². The summed E-state index contributed by atoms with van der Waals surface area (Å²) in [4.78, 5) is 2.49. The Balaban J connectivity index is 1.92. The Morgan fingerprint density at radius 1 is 1.00 bits per heavy atom. The van der Waals surface area contributed by atoms with Crippen molar-refractivity contribution in [1.82, 2.24) is 10.2 Å². The summed E-state index contributed by atoms with van der Waals surface area (Å²) in [7, 11) is 0. The molecule has 0 spiro atoms. The molecular weight excluding hydrogens is 244 g/mol. The average molecular weight is 274 g/mol. The molecule has 1 aromatic carbocycles. The normalized spacial score (nSPS) is 16.8. The molecule has 0 aliphatic heterocycles. The highest BCUT2D eigenvalue weighted by Gasteiger charge is 2.13. The van der Waals surface area contributed by atoms with E-state index in [2.05, 4.69) is 48.3 Å². The molecular formula is C18H30N2. The lowest BCUT2D eigenvalue weighted by atomic mass is 9.95. The van der Waals surface area contributed by atoms with Gasteiger partial charge in [0.05, 0.1) is 0 Å². The Bertz CT molecular complexity index is 379. The van der Waals surface area contributed by atoms with Crippen molar-refractivity contribution in [1.29, 1.82) is 0 Å². The molecule has 0 aromatic heterocycles. The van der Waals surface area contributed by atoms with Gasteiger partial charge in [-0.25, -0.2) is 0 Å². The minimum atomic E-state index is 0.741. The molecule has 2 rings (SSSR count). The van der Waals surface area contributed by atoms with Crippen LogP contribution in [0.5, 0.6) is 0 Å². The lowest BCUT2D eigenvalue weighted by Gasteiger charge is -2.24. The topological polar surface area (TPSA) is 15.3 Å². The fraction of sp³-hybridized carbons (Fsp3) is 0.667. The maximum atomic E-state index is 3.77. The van der Waals surface area contributed by atoms with Gasteiger partial charge in [0.15, 0.2) is 0 Å². The van der Waals surface area contributed by atoms with Gasteiger partial charge >= 0.3 is 0 Å². The summed E-state index contributed by atoms with van der Waals surface area (Å²) in [6, 6.07) is 9.66. The van der Waals surface area contributed by atoms with Crippen LogP contribution in [0.4, 0.5) is 0 Å². The fourth-order valence-electron chi connectivity index (χ4n) is 3.13. The van der Waals surface area contributed by atoms with Crippen LogP contribution in [0.15, 0.2) is 24.3 Å². The molecule has 0 unspecified atom stereocenters. The third-order valence-corrected chi connectivity index (χ3v) is 4.59. The summed E-state index contributed by atoms with van der Waals surface area (Å²) in [5.74, 6) is 0. The van der Waals surface area contributed by atoms with Gasteiger partial charge in [-0.2, -0.15) is 0 Å². The molecule has 1 aliphatic rings. The summed E-state index contributed by atoms with van der Waals surface area (Å²) >= 11 is 0. The zero-order valence-corrected chi connectivity index (χ0v) is 13.2. The Kier molecular flexibility index (Phi) is 6.55. The van der Waals surface area contributed by atoms with Crippen LogP contribution in [0.2, 0.25) is 0 Å². The molecule has 1 N–H and O–H groups in total. The first-order valence-electron chi connectivity index (χ1n) is 8.36. The molecule has 0 radical (unpaired) electrons. The van der Waals surface area contributed by atoms with E-state index in [9.17, 15) is 0 Å². The quantitative estimate of drug-likeness (QED) is 0.810. The Labute approximate surface area is 124 Å². The van der Waals surface area contributed by atoms with Crippen molar-refractivity contribution in [3.8, 4) is 0 Å². The van der Waals surface area contributed by atoms with E-state index in [-0.39, 0.29) is 0 Å². The van der Waals surface area contributed by atoms with Crippen molar-refractivity contribution in [2.24, 2.45) is 0 Å². The molecule has 20 heavy (non-hydrogen) atoms. The standard InChI is InChI=1S/C18H30N2/c1-3-20(4-2)15-17-11-9-8-10-16(17)14-19-18-12-6-5-7-13-18/h8-11,18-19H,3-7,12-15H2,1-2H3. The molecule has 1 saturated carbocycles. The molecule has 0 atom stereocenters. The smallest absolute Gasteiger partial charge is 0.0236 e. The van der Waals surface area contributed by atoms with E-state index in [0.29, 0.717) is 0 Å². The van der Waals surface area contributed by atoms with E-state index in [1.807, 2.05) is 0 Å². The van der Waals surface area contributed by atoms with Crippen LogP contribution in [0.1, 0.15) is 57.1 Å². The van der Waals surface area contributed by atoms with Gasteiger partial charge in [-0.1, -0.05) is 57.4 Å². The number of nitrogens with one attached hydrogen (secondary N) is 1. The number of rotatable bonds is 7. The minimum absolute atomic E-state index is 0.741. The van der Waals surface area contributed by atoms with Gasteiger partial charge in [0.2, 0.25) is 0 Å². The Morgan fingerprint density at radius 3 is 2.30 bits per heavy atom. The third-order valence-electron chi connectivity index (χ3n) is 4.59. The van der Waals surface area contributed by atoms with Crippen LogP contribution in [-0.4, -0.2) is 24.0 Å². The van der Waals surface area contributed by atoms with E-state index in [1.54, 1.807) is 0 Å². The summed E-state index contributed by atoms with van der Waals surface area (Å²) in [5.41, 5.74) is 2.96. The van der Waals surface area contributed by atoms with Gasteiger partial charge in [-0.05, 0) is 37.1 Å². The minimum Gasteiger partial charge on any atom is -0.310 e. The molecule has 0 saturated heterocycles. The molecule has 112 valence electrons. The maximum absolute atomic E-state index is 3.77. The predicted octanol–water partition coefficient (Wildman–Crippen LogP) is 3.95. The number of benzene rings is 1. The van der Waals surface area contributed by atoms with Crippen LogP contribution in [0, 0.1) is 0 Å². The molecule has 1 aromatic rings. The van der Waals surface area contributed by atoms with Gasteiger partial charge in [0, 0.05) is 19.1 Å². The van der Waals surface area contributed by atoms with E-state index in [1.165, 1.54) is 43.2 Å². The van der Waals surface area contributed by atoms with Crippen molar-refractivity contribution in [3.05, 3.63) is 35.4 Å². The van der Waals surface area contributed by atoms with Crippen LogP contribution >= 0.6 is 0 Å². The summed E-state index contributed by atoms with van der Waals surface area (Å²) in [6.45, 7) is 8.85. The monoisotopic (exact) mass is 274 g/mol. The van der Waals surface area contributed by atoms with Crippen LogP contribution in [0.25, 0.3) is 0 Å². The second-order valence-corrected chi connectivity index (χ2v) is 5.95. The first kappa shape index (κ1) is 15.5. The molecule has 0 bridgehead atoms. The molecule has 0 heterocycles. The molecule has 0 amide bonds. The van der Waals surface area contributed by atoms with Gasteiger partial charge in [0.25, 0.3) is 0 Å². The lowest BCUT2D eigenvalue weighted by Crippen LogP contribution is -2.31. The Morgan fingerprint density at radius 2 is 1.65 bits per heavy atom. The van der Waals surface area contributed by atoms with E-state index >= 15 is 0 Å².